The summed E-state index contributed by atoms with van der Waals surface area (Å²) in [5.74, 6) is 0.0963. The van der Waals surface area contributed by atoms with Gasteiger partial charge in [-0.15, -0.1) is 0 Å². The third kappa shape index (κ3) is 2.66. The maximum Gasteiger partial charge on any atom is 0.404 e. The van der Waals surface area contributed by atoms with Gasteiger partial charge < -0.3 is 10.5 Å². The molecule has 5 nitrogen and oxygen atoms in total. The van der Waals surface area contributed by atoms with Gasteiger partial charge in [0.1, 0.15) is 6.10 Å². The number of allylic oxidation sites excluding steroid dienone is 1. The SMILES string of the molecule is CC1=NNC(C)=C2CCCCC[C@@H](OC(N)=O)C12. The second-order valence-electron chi connectivity index (χ2n) is 5.07. The maximum atomic E-state index is 11.1. The van der Waals surface area contributed by atoms with Crippen molar-refractivity contribution < 1.29 is 9.53 Å². The van der Waals surface area contributed by atoms with E-state index in [0.717, 1.165) is 37.1 Å². The number of ether oxygens (including phenoxy) is 1. The Morgan fingerprint density at radius 3 is 2.89 bits per heavy atom. The van der Waals surface area contributed by atoms with Gasteiger partial charge in [0.05, 0.1) is 5.92 Å². The minimum atomic E-state index is -0.691. The lowest BCUT2D eigenvalue weighted by Crippen LogP contribution is -2.39. The summed E-state index contributed by atoms with van der Waals surface area (Å²) in [5, 5.41) is 4.30. The number of primary amides is 1. The molecule has 0 saturated heterocycles. The highest BCUT2D eigenvalue weighted by molar-refractivity contribution is 5.88. The molecule has 2 rings (SSSR count). The van der Waals surface area contributed by atoms with Gasteiger partial charge in [-0.1, -0.05) is 6.42 Å². The molecule has 1 aliphatic carbocycles. The Balaban J connectivity index is 2.29. The molecule has 0 aromatic heterocycles. The van der Waals surface area contributed by atoms with E-state index in [0.29, 0.717) is 0 Å². The molecule has 5 heteroatoms. The summed E-state index contributed by atoms with van der Waals surface area (Å²) in [6, 6.07) is 0. The van der Waals surface area contributed by atoms with Crippen LogP contribution in [0.15, 0.2) is 16.4 Å². The Hall–Kier alpha value is -1.52. The summed E-state index contributed by atoms with van der Waals surface area (Å²) >= 11 is 0. The Morgan fingerprint density at radius 2 is 2.17 bits per heavy atom. The minimum Gasteiger partial charge on any atom is -0.445 e. The Labute approximate surface area is 107 Å². The Morgan fingerprint density at radius 1 is 1.39 bits per heavy atom. The molecular formula is C13H21N3O2. The summed E-state index contributed by atoms with van der Waals surface area (Å²) in [6.45, 7) is 4.00. The minimum absolute atomic E-state index is 0.0963. The first kappa shape index (κ1) is 12.9. The van der Waals surface area contributed by atoms with Crippen molar-refractivity contribution in [2.45, 2.75) is 52.1 Å². The van der Waals surface area contributed by atoms with Gasteiger partial charge in [-0.2, -0.15) is 5.10 Å². The number of nitrogens with zero attached hydrogens (tertiary/aromatic N) is 1. The number of nitrogens with one attached hydrogen (secondary N) is 1. The van der Waals surface area contributed by atoms with E-state index in [2.05, 4.69) is 10.5 Å². The van der Waals surface area contributed by atoms with E-state index >= 15 is 0 Å². The number of carbonyl (C=O) groups excluding carboxylic acids is 1. The standard InChI is InChI=1S/C13H21N3O2/c1-8-10-6-4-3-5-7-11(18-13(14)17)12(10)9(2)16-15-8/h11-12,15H,3-7H2,1-2H3,(H2,14,17)/t11-,12?/m1/s1. The number of carbonyl (C=O) groups is 1. The first-order valence-electron chi connectivity index (χ1n) is 6.55. The third-order valence-electron chi connectivity index (χ3n) is 3.78. The zero-order valence-electron chi connectivity index (χ0n) is 11.0. The lowest BCUT2D eigenvalue weighted by Gasteiger charge is -2.34. The molecule has 2 aliphatic rings. The maximum absolute atomic E-state index is 11.1. The summed E-state index contributed by atoms with van der Waals surface area (Å²) in [4.78, 5) is 11.1. The largest absolute Gasteiger partial charge is 0.445 e. The van der Waals surface area contributed by atoms with Crippen molar-refractivity contribution in [1.29, 1.82) is 0 Å². The molecule has 1 unspecified atom stereocenters. The van der Waals surface area contributed by atoms with Gasteiger partial charge in [0.2, 0.25) is 0 Å². The highest BCUT2D eigenvalue weighted by Crippen LogP contribution is 2.33. The molecule has 18 heavy (non-hydrogen) atoms. The number of amides is 1. The molecule has 0 aromatic carbocycles. The number of nitrogens with two attached hydrogens (primary N) is 1. The third-order valence-corrected chi connectivity index (χ3v) is 3.78. The predicted molar refractivity (Wildman–Crippen MR) is 70.0 cm³/mol. The lowest BCUT2D eigenvalue weighted by molar-refractivity contribution is 0.0825. The van der Waals surface area contributed by atoms with Crippen LogP contribution in [0.1, 0.15) is 46.0 Å². The second kappa shape index (κ2) is 5.42. The molecule has 1 heterocycles. The number of hydrogen-bond donors (Lipinski definition) is 2. The van der Waals surface area contributed by atoms with Gasteiger partial charge >= 0.3 is 6.09 Å². The second-order valence-corrected chi connectivity index (χ2v) is 5.07. The van der Waals surface area contributed by atoms with Crippen molar-refractivity contribution >= 4 is 11.8 Å². The lowest BCUT2D eigenvalue weighted by atomic mass is 9.80. The zero-order valence-corrected chi connectivity index (χ0v) is 11.0. The average molecular weight is 251 g/mol. The number of hydrogen-bond acceptors (Lipinski definition) is 4. The summed E-state index contributed by atoms with van der Waals surface area (Å²) in [5.41, 5.74) is 11.6. The van der Waals surface area contributed by atoms with E-state index in [1.165, 1.54) is 12.0 Å². The first-order valence-corrected chi connectivity index (χ1v) is 6.55. The molecule has 1 fully saturated rings. The molecule has 100 valence electrons. The Kier molecular flexibility index (Phi) is 3.89. The smallest absolute Gasteiger partial charge is 0.404 e. The fraction of sp³-hybridized carbons (Fsp3) is 0.692. The highest BCUT2D eigenvalue weighted by atomic mass is 16.6. The van der Waals surface area contributed by atoms with Gasteiger partial charge in [0, 0.05) is 11.4 Å². The van der Waals surface area contributed by atoms with Gasteiger partial charge in [0.15, 0.2) is 0 Å². The van der Waals surface area contributed by atoms with Gasteiger partial charge in [-0.3, -0.25) is 5.43 Å². The van der Waals surface area contributed by atoms with Crippen molar-refractivity contribution in [1.82, 2.24) is 5.43 Å². The predicted octanol–water partition coefficient (Wildman–Crippen LogP) is 2.28. The van der Waals surface area contributed by atoms with Crippen LogP contribution in [-0.2, 0) is 4.74 Å². The van der Waals surface area contributed by atoms with Crippen LogP contribution in [0.4, 0.5) is 4.79 Å². The van der Waals surface area contributed by atoms with Crippen LogP contribution in [-0.4, -0.2) is 17.9 Å². The van der Waals surface area contributed by atoms with E-state index in [4.69, 9.17) is 10.5 Å². The first-order chi connectivity index (χ1) is 8.59. The number of rotatable bonds is 1. The number of fused-ring (bicyclic) bond motifs is 1. The van der Waals surface area contributed by atoms with Crippen LogP contribution < -0.4 is 11.2 Å². The summed E-state index contributed by atoms with van der Waals surface area (Å²) in [7, 11) is 0. The van der Waals surface area contributed by atoms with Crippen LogP contribution >= 0.6 is 0 Å². The van der Waals surface area contributed by atoms with E-state index in [9.17, 15) is 4.79 Å². The van der Waals surface area contributed by atoms with E-state index in [1.807, 2.05) is 13.8 Å². The molecule has 1 amide bonds. The van der Waals surface area contributed by atoms with Crippen LogP contribution in [0.3, 0.4) is 0 Å². The van der Waals surface area contributed by atoms with Crippen molar-refractivity contribution in [3.63, 3.8) is 0 Å². The van der Waals surface area contributed by atoms with Crippen molar-refractivity contribution in [2.75, 3.05) is 0 Å². The van der Waals surface area contributed by atoms with E-state index in [-0.39, 0.29) is 12.0 Å². The fourth-order valence-electron chi connectivity index (χ4n) is 2.92. The molecule has 1 saturated carbocycles. The van der Waals surface area contributed by atoms with E-state index < -0.39 is 6.09 Å². The average Bonchev–Trinajstić information content (AvgIpc) is 2.27. The quantitative estimate of drug-likeness (QED) is 0.750. The zero-order chi connectivity index (χ0) is 13.1. The summed E-state index contributed by atoms with van der Waals surface area (Å²) in [6.07, 6.45) is 4.45. The molecule has 1 aliphatic heterocycles. The molecule has 0 aromatic rings. The van der Waals surface area contributed by atoms with Crippen LogP contribution in [0.2, 0.25) is 0 Å². The van der Waals surface area contributed by atoms with Crippen molar-refractivity contribution in [3.8, 4) is 0 Å². The normalized spacial score (nSPS) is 28.4. The van der Waals surface area contributed by atoms with Gasteiger partial charge in [-0.05, 0) is 45.1 Å². The van der Waals surface area contributed by atoms with Crippen molar-refractivity contribution in [2.24, 2.45) is 16.8 Å². The van der Waals surface area contributed by atoms with Gasteiger partial charge in [0.25, 0.3) is 0 Å². The van der Waals surface area contributed by atoms with Crippen LogP contribution in [0, 0.1) is 5.92 Å². The van der Waals surface area contributed by atoms with Crippen LogP contribution in [0.25, 0.3) is 0 Å². The van der Waals surface area contributed by atoms with Crippen molar-refractivity contribution in [3.05, 3.63) is 11.3 Å². The molecular weight excluding hydrogens is 230 g/mol. The fourth-order valence-corrected chi connectivity index (χ4v) is 2.92. The molecule has 0 radical (unpaired) electrons. The molecule has 3 N–H and O–H groups in total. The summed E-state index contributed by atoms with van der Waals surface area (Å²) < 4.78 is 5.31. The topological polar surface area (TPSA) is 76.7 Å². The molecule has 0 spiro atoms. The van der Waals surface area contributed by atoms with Crippen LogP contribution in [0.5, 0.6) is 0 Å². The monoisotopic (exact) mass is 251 g/mol. The number of hydrazone groups is 1. The molecule has 2 atom stereocenters. The Bertz CT molecular complexity index is 401. The molecule has 0 bridgehead atoms. The highest BCUT2D eigenvalue weighted by Gasteiger charge is 2.34. The van der Waals surface area contributed by atoms with E-state index in [1.54, 1.807) is 0 Å². The van der Waals surface area contributed by atoms with Gasteiger partial charge in [-0.25, -0.2) is 4.79 Å².